The zero-order valence-corrected chi connectivity index (χ0v) is 13.7. The summed E-state index contributed by atoms with van der Waals surface area (Å²) >= 11 is 0. The molecule has 1 aromatic heterocycles. The average molecular weight is 332 g/mol. The molecule has 24 heavy (non-hydrogen) atoms. The number of oxime groups is 1. The molecular weight excluding hydrogens is 312 g/mol. The Hall–Kier alpha value is -2.71. The molecule has 9 nitrogen and oxygen atoms in total. The lowest BCUT2D eigenvalue weighted by molar-refractivity contribution is -0.143. The van der Waals surface area contributed by atoms with Gasteiger partial charge in [0.25, 0.3) is 11.8 Å². The third-order valence-corrected chi connectivity index (χ3v) is 4.51. The molecule has 1 saturated heterocycles. The fourth-order valence-corrected chi connectivity index (χ4v) is 3.44. The molecule has 0 radical (unpaired) electrons. The van der Waals surface area contributed by atoms with E-state index in [0.717, 1.165) is 25.9 Å². The molecule has 0 atom stereocenters. The van der Waals surface area contributed by atoms with Crippen LogP contribution < -0.4 is 11.1 Å². The first-order valence-electron chi connectivity index (χ1n) is 7.68. The lowest BCUT2D eigenvalue weighted by atomic mass is 9.60. The molecule has 0 unspecified atom stereocenters. The lowest BCUT2D eigenvalue weighted by Gasteiger charge is -2.59. The van der Waals surface area contributed by atoms with E-state index < -0.39 is 5.91 Å². The molecule has 1 aliphatic heterocycles. The van der Waals surface area contributed by atoms with Gasteiger partial charge < -0.3 is 20.8 Å². The van der Waals surface area contributed by atoms with Crippen molar-refractivity contribution in [3.8, 4) is 0 Å². The number of hydrogen-bond donors (Lipinski definition) is 2. The summed E-state index contributed by atoms with van der Waals surface area (Å²) in [5.41, 5.74) is 5.94. The molecule has 3 N–H and O–H groups in total. The van der Waals surface area contributed by atoms with E-state index in [9.17, 15) is 9.59 Å². The van der Waals surface area contributed by atoms with Gasteiger partial charge in [-0.2, -0.15) is 0 Å². The zero-order chi connectivity index (χ0) is 17.3. The Labute approximate surface area is 139 Å². The standard InChI is InChI=1S/C15H20N6O3/c1-9(20-24-2)14(23)21-6-15(7-21)4-10(5-15)19-12-3-11(13(16)22)17-8-18-12/h3,8,10H,4-7H2,1-2H3,(H2,16,22)(H,17,18,19). The summed E-state index contributed by atoms with van der Waals surface area (Å²) in [6.07, 6.45) is 3.22. The van der Waals surface area contributed by atoms with Crippen LogP contribution in [0.25, 0.3) is 0 Å². The van der Waals surface area contributed by atoms with Crippen LogP contribution in [0, 0.1) is 5.41 Å². The smallest absolute Gasteiger partial charge is 0.271 e. The van der Waals surface area contributed by atoms with Crippen molar-refractivity contribution in [1.82, 2.24) is 14.9 Å². The van der Waals surface area contributed by atoms with Crippen molar-refractivity contribution in [3.63, 3.8) is 0 Å². The van der Waals surface area contributed by atoms with Gasteiger partial charge in [0.15, 0.2) is 0 Å². The Morgan fingerprint density at radius 2 is 2.12 bits per heavy atom. The molecule has 1 saturated carbocycles. The third-order valence-electron chi connectivity index (χ3n) is 4.51. The lowest BCUT2D eigenvalue weighted by Crippen LogP contribution is -2.66. The average Bonchev–Trinajstić information content (AvgIpc) is 2.48. The molecule has 128 valence electrons. The minimum atomic E-state index is -0.577. The van der Waals surface area contributed by atoms with E-state index in [1.807, 2.05) is 0 Å². The molecule has 0 bridgehead atoms. The second-order valence-electron chi connectivity index (χ2n) is 6.42. The second-order valence-corrected chi connectivity index (χ2v) is 6.42. The summed E-state index contributed by atoms with van der Waals surface area (Å²) in [7, 11) is 1.42. The van der Waals surface area contributed by atoms with Gasteiger partial charge in [-0.05, 0) is 19.8 Å². The van der Waals surface area contributed by atoms with E-state index >= 15 is 0 Å². The largest absolute Gasteiger partial charge is 0.399 e. The summed E-state index contributed by atoms with van der Waals surface area (Å²) in [6, 6.07) is 1.82. The van der Waals surface area contributed by atoms with E-state index in [1.165, 1.54) is 13.4 Å². The third kappa shape index (κ3) is 3.01. The molecule has 2 fully saturated rings. The number of anilines is 1. The number of primary amides is 1. The van der Waals surface area contributed by atoms with Gasteiger partial charge in [-0.25, -0.2) is 9.97 Å². The summed E-state index contributed by atoms with van der Waals surface area (Å²) in [5, 5.41) is 6.95. The van der Waals surface area contributed by atoms with Crippen LogP contribution in [-0.4, -0.2) is 58.6 Å². The fraction of sp³-hybridized carbons (Fsp3) is 0.533. The van der Waals surface area contributed by atoms with Crippen LogP contribution in [0.4, 0.5) is 5.82 Å². The van der Waals surface area contributed by atoms with Gasteiger partial charge in [0.05, 0.1) is 0 Å². The molecule has 1 aliphatic carbocycles. The minimum Gasteiger partial charge on any atom is -0.399 e. The number of nitrogens with one attached hydrogen (secondary N) is 1. The van der Waals surface area contributed by atoms with E-state index in [4.69, 9.17) is 5.73 Å². The van der Waals surface area contributed by atoms with Crippen LogP contribution in [0.3, 0.4) is 0 Å². The molecule has 9 heteroatoms. The van der Waals surface area contributed by atoms with E-state index in [2.05, 4.69) is 25.3 Å². The van der Waals surface area contributed by atoms with Crippen molar-refractivity contribution in [2.75, 3.05) is 25.5 Å². The number of carbonyl (C=O) groups excluding carboxylic acids is 2. The molecule has 1 spiro atoms. The van der Waals surface area contributed by atoms with Crippen LogP contribution in [0.1, 0.15) is 30.3 Å². The normalized spacial score (nSPS) is 19.4. The maximum Gasteiger partial charge on any atom is 0.271 e. The number of rotatable bonds is 5. The zero-order valence-electron chi connectivity index (χ0n) is 13.7. The summed E-state index contributed by atoms with van der Waals surface area (Å²) in [6.45, 7) is 3.11. The van der Waals surface area contributed by atoms with Crippen LogP contribution in [0.15, 0.2) is 17.5 Å². The SMILES string of the molecule is CON=C(C)C(=O)N1CC2(CC(Nc3cc(C(N)=O)ncn3)C2)C1. The van der Waals surface area contributed by atoms with Crippen molar-refractivity contribution in [2.45, 2.75) is 25.8 Å². The monoisotopic (exact) mass is 332 g/mol. The maximum absolute atomic E-state index is 12.1. The van der Waals surface area contributed by atoms with Gasteiger partial charge in [-0.15, -0.1) is 0 Å². The predicted octanol–water partition coefficient (Wildman–Crippen LogP) is 0.000700. The highest BCUT2D eigenvalue weighted by Gasteiger charge is 2.54. The van der Waals surface area contributed by atoms with Gasteiger partial charge in [0.1, 0.15) is 30.7 Å². The summed E-state index contributed by atoms with van der Waals surface area (Å²) in [4.78, 5) is 37.5. The number of nitrogens with zero attached hydrogens (tertiary/aromatic N) is 4. The first kappa shape index (κ1) is 16.2. The first-order chi connectivity index (χ1) is 11.4. The van der Waals surface area contributed by atoms with Crippen molar-refractivity contribution >= 4 is 23.3 Å². The van der Waals surface area contributed by atoms with Crippen LogP contribution in [0.5, 0.6) is 0 Å². The molecule has 0 aromatic carbocycles. The fourth-order valence-electron chi connectivity index (χ4n) is 3.44. The number of nitrogens with two attached hydrogens (primary N) is 1. The van der Waals surface area contributed by atoms with Crippen LogP contribution in [0.2, 0.25) is 0 Å². The van der Waals surface area contributed by atoms with Gasteiger partial charge in [-0.1, -0.05) is 5.16 Å². The van der Waals surface area contributed by atoms with Crippen LogP contribution in [-0.2, 0) is 9.63 Å². The molecule has 1 aromatic rings. The van der Waals surface area contributed by atoms with Crippen molar-refractivity contribution in [1.29, 1.82) is 0 Å². The van der Waals surface area contributed by atoms with Gasteiger partial charge in [0, 0.05) is 30.6 Å². The molecule has 3 rings (SSSR count). The van der Waals surface area contributed by atoms with Crippen LogP contribution >= 0.6 is 0 Å². The highest BCUT2D eigenvalue weighted by molar-refractivity contribution is 6.37. The highest BCUT2D eigenvalue weighted by atomic mass is 16.6. The minimum absolute atomic E-state index is 0.0826. The molecular formula is C15H20N6O3. The second kappa shape index (κ2) is 6.06. The quantitative estimate of drug-likeness (QED) is 0.578. The Kier molecular flexibility index (Phi) is 4.08. The predicted molar refractivity (Wildman–Crippen MR) is 86.3 cm³/mol. The van der Waals surface area contributed by atoms with Crippen molar-refractivity contribution in [2.24, 2.45) is 16.3 Å². The number of hydrogen-bond acceptors (Lipinski definition) is 7. The molecule has 2 amide bonds. The highest BCUT2D eigenvalue weighted by Crippen LogP contribution is 2.49. The van der Waals surface area contributed by atoms with E-state index in [1.54, 1.807) is 17.9 Å². The topological polar surface area (TPSA) is 123 Å². The Balaban J connectivity index is 1.49. The van der Waals surface area contributed by atoms with Crippen molar-refractivity contribution < 1.29 is 14.4 Å². The Morgan fingerprint density at radius 1 is 1.42 bits per heavy atom. The number of likely N-dealkylation sites (tertiary alicyclic amines) is 1. The first-order valence-corrected chi connectivity index (χ1v) is 7.68. The van der Waals surface area contributed by atoms with Gasteiger partial charge in [0.2, 0.25) is 0 Å². The summed E-state index contributed by atoms with van der Waals surface area (Å²) in [5.74, 6) is -0.0680. The van der Waals surface area contributed by atoms with Crippen molar-refractivity contribution in [3.05, 3.63) is 18.1 Å². The Bertz CT molecular complexity index is 690. The maximum atomic E-state index is 12.1. The van der Waals surface area contributed by atoms with Gasteiger partial charge >= 0.3 is 0 Å². The number of amides is 2. The molecule has 2 aliphatic rings. The van der Waals surface area contributed by atoms with E-state index in [0.29, 0.717) is 11.5 Å². The van der Waals surface area contributed by atoms with Gasteiger partial charge in [-0.3, -0.25) is 9.59 Å². The van der Waals surface area contributed by atoms with E-state index in [-0.39, 0.29) is 23.1 Å². The number of aromatic nitrogens is 2. The molecule has 2 heterocycles. The number of carbonyl (C=O) groups is 2. The Morgan fingerprint density at radius 3 is 2.75 bits per heavy atom. The summed E-state index contributed by atoms with van der Waals surface area (Å²) < 4.78 is 0.